The first-order valence-corrected chi connectivity index (χ1v) is 7.50. The molecule has 0 aromatic heterocycles. The molecule has 2 fully saturated rings. The molecule has 108 valence electrons. The zero-order valence-corrected chi connectivity index (χ0v) is 12.8. The van der Waals surface area contributed by atoms with Crippen LogP contribution in [0.25, 0.3) is 0 Å². The molecule has 0 spiro atoms. The van der Waals surface area contributed by atoms with Crippen LogP contribution in [0.2, 0.25) is 0 Å². The third kappa shape index (κ3) is 4.37. The fraction of sp³-hybridized carbons (Fsp3) is 1.00. The highest BCUT2D eigenvalue weighted by Crippen LogP contribution is 2.19. The van der Waals surface area contributed by atoms with Gasteiger partial charge in [-0.25, -0.2) is 0 Å². The Hall–Kier alpha value is 0.170. The molecule has 4 heteroatoms. The first-order valence-electron chi connectivity index (χ1n) is 7.50. The van der Waals surface area contributed by atoms with E-state index in [4.69, 9.17) is 0 Å². The second kappa shape index (κ2) is 8.36. The highest BCUT2D eigenvalue weighted by Gasteiger charge is 2.27. The summed E-state index contributed by atoms with van der Waals surface area (Å²) in [6.45, 7) is 13.4. The molecule has 1 N–H and O–H groups in total. The maximum atomic E-state index is 3.53. The average molecular weight is 276 g/mol. The molecule has 0 radical (unpaired) electrons. The summed E-state index contributed by atoms with van der Waals surface area (Å²) in [6, 6.07) is 0.821. The van der Waals surface area contributed by atoms with Crippen molar-refractivity contribution in [2.24, 2.45) is 5.92 Å². The Morgan fingerprint density at radius 2 is 2.00 bits per heavy atom. The van der Waals surface area contributed by atoms with E-state index in [1.165, 1.54) is 65.1 Å². The number of hydrogen-bond donors (Lipinski definition) is 1. The van der Waals surface area contributed by atoms with Gasteiger partial charge in [-0.2, -0.15) is 0 Å². The molecule has 2 aliphatic heterocycles. The van der Waals surface area contributed by atoms with Gasteiger partial charge in [-0.15, -0.1) is 12.4 Å². The maximum absolute atomic E-state index is 3.53. The molecule has 3 nitrogen and oxygen atoms in total. The summed E-state index contributed by atoms with van der Waals surface area (Å²) in [4.78, 5) is 5.32. The van der Waals surface area contributed by atoms with Crippen molar-refractivity contribution in [2.45, 2.75) is 39.2 Å². The predicted octanol–water partition coefficient (Wildman–Crippen LogP) is 1.82. The van der Waals surface area contributed by atoms with Crippen LogP contribution >= 0.6 is 12.4 Å². The van der Waals surface area contributed by atoms with E-state index in [1.54, 1.807) is 0 Å². The second-order valence-electron chi connectivity index (χ2n) is 5.64. The van der Waals surface area contributed by atoms with Crippen molar-refractivity contribution in [2.75, 3.05) is 45.8 Å². The number of piperidine rings is 1. The molecular weight excluding hydrogens is 246 g/mol. The van der Waals surface area contributed by atoms with Crippen LogP contribution in [0.5, 0.6) is 0 Å². The summed E-state index contributed by atoms with van der Waals surface area (Å²) in [5.41, 5.74) is 0. The van der Waals surface area contributed by atoms with E-state index in [2.05, 4.69) is 29.0 Å². The highest BCUT2D eigenvalue weighted by atomic mass is 35.5. The Morgan fingerprint density at radius 3 is 2.61 bits per heavy atom. The van der Waals surface area contributed by atoms with Gasteiger partial charge < -0.3 is 10.2 Å². The largest absolute Gasteiger partial charge is 0.316 e. The number of hydrogen-bond acceptors (Lipinski definition) is 3. The summed E-state index contributed by atoms with van der Waals surface area (Å²) >= 11 is 0. The predicted molar refractivity (Wildman–Crippen MR) is 80.6 cm³/mol. The number of nitrogens with zero attached hydrogens (tertiary/aromatic N) is 2. The van der Waals surface area contributed by atoms with Crippen molar-refractivity contribution >= 4 is 12.4 Å². The normalized spacial score (nSPS) is 29.5. The van der Waals surface area contributed by atoms with Gasteiger partial charge in [0, 0.05) is 19.1 Å². The topological polar surface area (TPSA) is 18.5 Å². The molecule has 0 bridgehead atoms. The van der Waals surface area contributed by atoms with E-state index in [9.17, 15) is 0 Å². The van der Waals surface area contributed by atoms with Crippen LogP contribution < -0.4 is 5.32 Å². The summed E-state index contributed by atoms with van der Waals surface area (Å²) in [6.07, 6.45) is 4.18. The molecule has 2 heterocycles. The average Bonchev–Trinajstić information content (AvgIpc) is 2.81. The quantitative estimate of drug-likeness (QED) is 0.826. The van der Waals surface area contributed by atoms with E-state index in [0.29, 0.717) is 0 Å². The number of likely N-dealkylation sites (tertiary alicyclic amines) is 1. The molecule has 0 aromatic rings. The fourth-order valence-corrected chi connectivity index (χ4v) is 3.46. The number of nitrogens with one attached hydrogen (secondary N) is 1. The van der Waals surface area contributed by atoms with Crippen molar-refractivity contribution in [3.8, 4) is 0 Å². The molecule has 2 atom stereocenters. The molecule has 0 aromatic carbocycles. The third-order valence-electron chi connectivity index (χ3n) is 4.49. The van der Waals surface area contributed by atoms with Crippen LogP contribution in [0.15, 0.2) is 0 Å². The summed E-state index contributed by atoms with van der Waals surface area (Å²) in [7, 11) is 0. The zero-order chi connectivity index (χ0) is 12.1. The van der Waals surface area contributed by atoms with E-state index < -0.39 is 0 Å². The molecular formula is C14H30ClN3. The maximum Gasteiger partial charge on any atom is 0.0235 e. The van der Waals surface area contributed by atoms with Gasteiger partial charge in [-0.3, -0.25) is 4.90 Å². The van der Waals surface area contributed by atoms with Crippen LogP contribution in [-0.4, -0.2) is 61.7 Å². The SMILES string of the molecule is CCN(CC)C1CCN(CC2CCCNC2)C1.Cl. The van der Waals surface area contributed by atoms with Crippen LogP contribution in [0.1, 0.15) is 33.1 Å². The number of halogens is 1. The Labute approximate surface area is 119 Å². The van der Waals surface area contributed by atoms with Crippen LogP contribution in [0, 0.1) is 5.92 Å². The summed E-state index contributed by atoms with van der Waals surface area (Å²) < 4.78 is 0. The lowest BCUT2D eigenvalue weighted by Crippen LogP contribution is -2.40. The van der Waals surface area contributed by atoms with Gasteiger partial charge >= 0.3 is 0 Å². The minimum Gasteiger partial charge on any atom is -0.316 e. The van der Waals surface area contributed by atoms with Crippen molar-refractivity contribution < 1.29 is 0 Å². The van der Waals surface area contributed by atoms with Crippen molar-refractivity contribution in [3.05, 3.63) is 0 Å². The standard InChI is InChI=1S/C14H29N3.ClH/c1-3-17(4-2)14-7-9-16(12-14)11-13-6-5-8-15-10-13;/h13-15H,3-12H2,1-2H3;1H. The molecule has 18 heavy (non-hydrogen) atoms. The third-order valence-corrected chi connectivity index (χ3v) is 4.49. The van der Waals surface area contributed by atoms with E-state index in [-0.39, 0.29) is 12.4 Å². The van der Waals surface area contributed by atoms with E-state index in [1.807, 2.05) is 0 Å². The van der Waals surface area contributed by atoms with Gasteiger partial charge in [0.25, 0.3) is 0 Å². The minimum atomic E-state index is 0. The zero-order valence-electron chi connectivity index (χ0n) is 12.0. The van der Waals surface area contributed by atoms with E-state index in [0.717, 1.165) is 12.0 Å². The van der Waals surface area contributed by atoms with Crippen molar-refractivity contribution in [1.82, 2.24) is 15.1 Å². The first kappa shape index (κ1) is 16.2. The molecule has 2 rings (SSSR count). The lowest BCUT2D eigenvalue weighted by Gasteiger charge is -2.29. The Balaban J connectivity index is 0.00000162. The van der Waals surface area contributed by atoms with Crippen molar-refractivity contribution in [3.63, 3.8) is 0 Å². The Bertz CT molecular complexity index is 215. The van der Waals surface area contributed by atoms with Gasteiger partial charge in [0.05, 0.1) is 0 Å². The molecule has 2 unspecified atom stereocenters. The molecule has 0 aliphatic carbocycles. The molecule has 0 amide bonds. The Morgan fingerprint density at radius 1 is 1.22 bits per heavy atom. The Kier molecular flexibility index (Phi) is 7.54. The monoisotopic (exact) mass is 275 g/mol. The van der Waals surface area contributed by atoms with Crippen molar-refractivity contribution in [1.29, 1.82) is 0 Å². The first-order chi connectivity index (χ1) is 8.33. The summed E-state index contributed by atoms with van der Waals surface area (Å²) in [5.74, 6) is 0.902. The van der Waals surface area contributed by atoms with Gasteiger partial charge in [0.15, 0.2) is 0 Å². The number of likely N-dealkylation sites (N-methyl/N-ethyl adjacent to an activating group) is 1. The fourth-order valence-electron chi connectivity index (χ4n) is 3.46. The molecule has 2 aliphatic rings. The number of rotatable bonds is 5. The smallest absolute Gasteiger partial charge is 0.0235 e. The van der Waals surface area contributed by atoms with Crippen LogP contribution in [-0.2, 0) is 0 Å². The van der Waals surface area contributed by atoms with Crippen LogP contribution in [0.3, 0.4) is 0 Å². The lowest BCUT2D eigenvalue weighted by molar-refractivity contribution is 0.194. The van der Waals surface area contributed by atoms with Gasteiger partial charge in [-0.1, -0.05) is 13.8 Å². The highest BCUT2D eigenvalue weighted by molar-refractivity contribution is 5.85. The van der Waals surface area contributed by atoms with E-state index >= 15 is 0 Å². The molecule has 0 saturated carbocycles. The summed E-state index contributed by atoms with van der Waals surface area (Å²) in [5, 5.41) is 3.53. The van der Waals surface area contributed by atoms with Gasteiger partial charge in [0.2, 0.25) is 0 Å². The second-order valence-corrected chi connectivity index (χ2v) is 5.64. The van der Waals surface area contributed by atoms with Crippen LogP contribution in [0.4, 0.5) is 0 Å². The van der Waals surface area contributed by atoms with Gasteiger partial charge in [0.1, 0.15) is 0 Å². The lowest BCUT2D eigenvalue weighted by atomic mass is 9.99. The minimum absolute atomic E-state index is 0. The van der Waals surface area contributed by atoms with Gasteiger partial charge in [-0.05, 0) is 57.9 Å². The molecule has 2 saturated heterocycles.